The number of ether oxygens (including phenoxy) is 1. The number of nitrogens with one attached hydrogen (secondary N) is 2. The minimum Gasteiger partial charge on any atom is -0.378 e. The molecule has 2 N–H and O–H groups in total. The van der Waals surface area contributed by atoms with E-state index in [0.717, 1.165) is 0 Å². The van der Waals surface area contributed by atoms with E-state index in [1.807, 2.05) is 4.90 Å². The van der Waals surface area contributed by atoms with Crippen LogP contribution in [0.5, 0.6) is 0 Å². The zero-order valence-corrected chi connectivity index (χ0v) is 16.5. The molecule has 2 aromatic rings. The first kappa shape index (κ1) is 21.0. The molecule has 7 nitrogen and oxygen atoms in total. The highest BCUT2D eigenvalue weighted by Crippen LogP contribution is 2.24. The molecule has 154 valence electrons. The molecule has 0 radical (unpaired) electrons. The van der Waals surface area contributed by atoms with Crippen molar-refractivity contribution in [3.8, 4) is 0 Å². The molecule has 1 heterocycles. The number of nitrogens with zero attached hydrogens (tertiary/aromatic N) is 1. The Morgan fingerprint density at radius 3 is 2.66 bits per heavy atom. The van der Waals surface area contributed by atoms with Crippen molar-refractivity contribution < 1.29 is 22.3 Å². The second-order valence-electron chi connectivity index (χ2n) is 6.39. The third kappa shape index (κ3) is 5.20. The van der Waals surface area contributed by atoms with Crippen molar-refractivity contribution in [2.75, 3.05) is 43.1 Å². The summed E-state index contributed by atoms with van der Waals surface area (Å²) in [4.78, 5) is 14.4. The SMILES string of the molecule is C=CCNS(=O)(=O)c1cccc(C(=O)Nc2ccc(N3CCOCC3)c(F)c2)c1. The molecule has 1 saturated heterocycles. The summed E-state index contributed by atoms with van der Waals surface area (Å²) < 4.78 is 46.5. The Bertz CT molecular complexity index is 1000. The van der Waals surface area contributed by atoms with Crippen LogP contribution in [0.15, 0.2) is 60.0 Å². The smallest absolute Gasteiger partial charge is 0.255 e. The molecule has 1 aliphatic heterocycles. The van der Waals surface area contributed by atoms with Gasteiger partial charge in [0, 0.05) is 30.9 Å². The van der Waals surface area contributed by atoms with Crippen molar-refractivity contribution in [2.24, 2.45) is 0 Å². The summed E-state index contributed by atoms with van der Waals surface area (Å²) in [6, 6.07) is 10.1. The van der Waals surface area contributed by atoms with Crippen LogP contribution in [0, 0.1) is 5.82 Å². The van der Waals surface area contributed by atoms with Gasteiger partial charge in [0.2, 0.25) is 10.0 Å². The first-order valence-corrected chi connectivity index (χ1v) is 10.5. The topological polar surface area (TPSA) is 87.7 Å². The molecule has 0 aliphatic carbocycles. The average molecular weight is 419 g/mol. The molecule has 1 fully saturated rings. The summed E-state index contributed by atoms with van der Waals surface area (Å²) in [7, 11) is -3.75. The van der Waals surface area contributed by atoms with Crippen LogP contribution in [-0.2, 0) is 14.8 Å². The number of carbonyl (C=O) groups is 1. The fraction of sp³-hybridized carbons (Fsp3) is 0.250. The lowest BCUT2D eigenvalue weighted by molar-refractivity contribution is 0.102. The van der Waals surface area contributed by atoms with E-state index in [1.54, 1.807) is 12.1 Å². The van der Waals surface area contributed by atoms with Gasteiger partial charge in [-0.1, -0.05) is 12.1 Å². The van der Waals surface area contributed by atoms with E-state index >= 15 is 0 Å². The van der Waals surface area contributed by atoms with E-state index in [-0.39, 0.29) is 22.7 Å². The Kier molecular flexibility index (Phi) is 6.63. The maximum absolute atomic E-state index is 14.5. The van der Waals surface area contributed by atoms with Gasteiger partial charge in [-0.2, -0.15) is 0 Å². The lowest BCUT2D eigenvalue weighted by Crippen LogP contribution is -2.36. The molecule has 3 rings (SSSR count). The second kappa shape index (κ2) is 9.17. The Morgan fingerprint density at radius 2 is 1.97 bits per heavy atom. The van der Waals surface area contributed by atoms with Gasteiger partial charge in [-0.05, 0) is 36.4 Å². The predicted octanol–water partition coefficient (Wildman–Crippen LogP) is 2.38. The minimum absolute atomic E-state index is 0.0409. The highest BCUT2D eigenvalue weighted by Gasteiger charge is 2.18. The molecule has 0 aromatic heterocycles. The molecule has 0 atom stereocenters. The van der Waals surface area contributed by atoms with E-state index in [2.05, 4.69) is 16.6 Å². The summed E-state index contributed by atoms with van der Waals surface area (Å²) in [6.45, 7) is 5.82. The fourth-order valence-electron chi connectivity index (χ4n) is 2.91. The van der Waals surface area contributed by atoms with Crippen molar-refractivity contribution >= 4 is 27.3 Å². The highest BCUT2D eigenvalue weighted by atomic mass is 32.2. The molecule has 2 aromatic carbocycles. The van der Waals surface area contributed by atoms with E-state index in [9.17, 15) is 17.6 Å². The van der Waals surface area contributed by atoms with Crippen LogP contribution in [0.2, 0.25) is 0 Å². The van der Waals surface area contributed by atoms with Crippen LogP contribution in [0.4, 0.5) is 15.8 Å². The number of amides is 1. The Morgan fingerprint density at radius 1 is 1.21 bits per heavy atom. The summed E-state index contributed by atoms with van der Waals surface area (Å²) in [5, 5.41) is 2.60. The summed E-state index contributed by atoms with van der Waals surface area (Å²) in [5.74, 6) is -0.987. The quantitative estimate of drug-likeness (QED) is 0.673. The number of anilines is 2. The van der Waals surface area contributed by atoms with Gasteiger partial charge in [0.05, 0.1) is 23.8 Å². The number of halogens is 1. The first-order chi connectivity index (χ1) is 13.9. The van der Waals surface area contributed by atoms with Gasteiger partial charge < -0.3 is 15.0 Å². The third-order valence-electron chi connectivity index (χ3n) is 4.38. The Hall–Kier alpha value is -2.75. The summed E-state index contributed by atoms with van der Waals surface area (Å²) >= 11 is 0. The van der Waals surface area contributed by atoms with E-state index in [4.69, 9.17) is 4.74 Å². The van der Waals surface area contributed by atoms with Crippen LogP contribution in [0.1, 0.15) is 10.4 Å². The van der Waals surface area contributed by atoms with E-state index in [0.29, 0.717) is 32.0 Å². The van der Waals surface area contributed by atoms with Gasteiger partial charge in [-0.25, -0.2) is 17.5 Å². The maximum atomic E-state index is 14.5. The first-order valence-electron chi connectivity index (χ1n) is 9.05. The van der Waals surface area contributed by atoms with Gasteiger partial charge in [0.1, 0.15) is 5.82 Å². The number of hydrogen-bond donors (Lipinski definition) is 2. The van der Waals surface area contributed by atoms with Gasteiger partial charge in [0.15, 0.2) is 0 Å². The fourth-order valence-corrected chi connectivity index (χ4v) is 3.95. The molecular weight excluding hydrogens is 397 g/mol. The van der Waals surface area contributed by atoms with Crippen molar-refractivity contribution in [1.82, 2.24) is 4.72 Å². The molecule has 0 saturated carbocycles. The Labute approximate surface area is 169 Å². The Balaban J connectivity index is 1.74. The minimum atomic E-state index is -3.75. The van der Waals surface area contributed by atoms with Gasteiger partial charge >= 0.3 is 0 Å². The zero-order valence-electron chi connectivity index (χ0n) is 15.7. The maximum Gasteiger partial charge on any atom is 0.255 e. The average Bonchev–Trinajstić information content (AvgIpc) is 2.73. The predicted molar refractivity (Wildman–Crippen MR) is 109 cm³/mol. The normalized spacial score (nSPS) is 14.4. The van der Waals surface area contributed by atoms with Crippen molar-refractivity contribution in [3.05, 3.63) is 66.5 Å². The second-order valence-corrected chi connectivity index (χ2v) is 8.16. The monoisotopic (exact) mass is 419 g/mol. The van der Waals surface area contributed by atoms with Crippen LogP contribution >= 0.6 is 0 Å². The molecule has 9 heteroatoms. The number of hydrogen-bond acceptors (Lipinski definition) is 5. The van der Waals surface area contributed by atoms with Crippen LogP contribution in [-0.4, -0.2) is 47.2 Å². The lowest BCUT2D eigenvalue weighted by Gasteiger charge is -2.29. The van der Waals surface area contributed by atoms with E-state index in [1.165, 1.54) is 36.4 Å². The van der Waals surface area contributed by atoms with Gasteiger partial charge in [0.25, 0.3) is 5.91 Å². The number of benzene rings is 2. The van der Waals surface area contributed by atoms with Gasteiger partial charge in [-0.3, -0.25) is 4.79 Å². The largest absolute Gasteiger partial charge is 0.378 e. The molecule has 0 unspecified atom stereocenters. The van der Waals surface area contributed by atoms with Crippen molar-refractivity contribution in [2.45, 2.75) is 4.90 Å². The highest BCUT2D eigenvalue weighted by molar-refractivity contribution is 7.89. The molecule has 29 heavy (non-hydrogen) atoms. The van der Waals surface area contributed by atoms with E-state index < -0.39 is 21.7 Å². The van der Waals surface area contributed by atoms with Crippen LogP contribution in [0.3, 0.4) is 0 Å². The standard InChI is InChI=1S/C20H22FN3O4S/c1-2-8-22-29(26,27)17-5-3-4-15(13-17)20(25)23-16-6-7-19(18(21)14-16)24-9-11-28-12-10-24/h2-7,13-14,22H,1,8-12H2,(H,23,25). The number of morpholine rings is 1. The number of carbonyl (C=O) groups excluding carboxylic acids is 1. The summed E-state index contributed by atoms with van der Waals surface area (Å²) in [6.07, 6.45) is 1.42. The number of rotatable bonds is 7. The van der Waals surface area contributed by atoms with Gasteiger partial charge in [-0.15, -0.1) is 6.58 Å². The molecule has 0 bridgehead atoms. The molecule has 0 spiro atoms. The summed E-state index contributed by atoms with van der Waals surface area (Å²) in [5.41, 5.74) is 0.874. The van der Waals surface area contributed by atoms with Crippen molar-refractivity contribution in [1.29, 1.82) is 0 Å². The lowest BCUT2D eigenvalue weighted by atomic mass is 10.2. The molecule has 1 aliphatic rings. The third-order valence-corrected chi connectivity index (χ3v) is 5.80. The van der Waals surface area contributed by atoms with Crippen LogP contribution in [0.25, 0.3) is 0 Å². The van der Waals surface area contributed by atoms with Crippen molar-refractivity contribution in [3.63, 3.8) is 0 Å². The zero-order chi connectivity index (χ0) is 20.9. The molecule has 1 amide bonds. The van der Waals surface area contributed by atoms with Crippen LogP contribution < -0.4 is 14.9 Å². The molecular formula is C20H22FN3O4S. The number of sulfonamides is 1.